The molecule has 0 aliphatic rings. The maximum Gasteiger partial charge on any atom is 0.243 e. The molecule has 0 aliphatic carbocycles. The molecule has 0 saturated heterocycles. The quantitative estimate of drug-likeness (QED) is 0.571. The van der Waals surface area contributed by atoms with E-state index in [0.717, 1.165) is 0 Å². The van der Waals surface area contributed by atoms with Crippen molar-refractivity contribution in [3.63, 3.8) is 0 Å². The third-order valence-corrected chi connectivity index (χ3v) is 3.24. The predicted molar refractivity (Wildman–Crippen MR) is 99.0 cm³/mol. The number of nitrogens with one attached hydrogen (secondary N) is 3. The van der Waals surface area contributed by atoms with Crippen LogP contribution < -0.4 is 26.4 Å². The molecule has 25 heavy (non-hydrogen) atoms. The normalized spacial score (nSPS) is 11.1. The van der Waals surface area contributed by atoms with Crippen molar-refractivity contribution < 1.29 is 19.1 Å². The van der Waals surface area contributed by atoms with Crippen LogP contribution in [0.25, 0.3) is 0 Å². The SMILES string of the molecule is COc1ccc(NC(=O)CNC(=O)[C@@H](N)C(C)C)cc1NC(C)=O.Cl. The highest BCUT2D eigenvalue weighted by Gasteiger charge is 2.17. The van der Waals surface area contributed by atoms with Crippen LogP contribution in [0.3, 0.4) is 0 Å². The third kappa shape index (κ3) is 7.40. The Morgan fingerprint density at radius 3 is 2.36 bits per heavy atom. The standard InChI is InChI=1S/C16H24N4O4.ClH/c1-9(2)15(17)16(23)18-8-14(22)20-11-5-6-13(24-4)12(7-11)19-10(3)21;/h5-7,9,15H,8,17H2,1-4H3,(H,18,23)(H,19,21)(H,20,22);1H/t15-;/m0./s1. The summed E-state index contributed by atoms with van der Waals surface area (Å²) in [6.07, 6.45) is 0. The topological polar surface area (TPSA) is 123 Å². The van der Waals surface area contributed by atoms with Crippen molar-refractivity contribution in [2.75, 3.05) is 24.3 Å². The molecule has 9 heteroatoms. The zero-order chi connectivity index (χ0) is 18.3. The van der Waals surface area contributed by atoms with Gasteiger partial charge in [-0.3, -0.25) is 14.4 Å². The largest absolute Gasteiger partial charge is 0.495 e. The number of benzene rings is 1. The molecule has 0 aromatic heterocycles. The fourth-order valence-electron chi connectivity index (χ4n) is 1.87. The molecule has 1 atom stereocenters. The fraction of sp³-hybridized carbons (Fsp3) is 0.438. The van der Waals surface area contributed by atoms with Gasteiger partial charge in [0.05, 0.1) is 25.4 Å². The lowest BCUT2D eigenvalue weighted by atomic mass is 10.1. The van der Waals surface area contributed by atoms with Crippen LogP contribution in [0.1, 0.15) is 20.8 Å². The van der Waals surface area contributed by atoms with Crippen molar-refractivity contribution >= 4 is 41.5 Å². The fourth-order valence-corrected chi connectivity index (χ4v) is 1.87. The van der Waals surface area contributed by atoms with Crippen molar-refractivity contribution in [2.24, 2.45) is 11.7 Å². The van der Waals surface area contributed by atoms with Gasteiger partial charge in [0, 0.05) is 12.6 Å². The molecule has 0 fully saturated rings. The number of halogens is 1. The van der Waals surface area contributed by atoms with Crippen LogP contribution in [0.5, 0.6) is 5.75 Å². The first-order valence-electron chi connectivity index (χ1n) is 7.53. The monoisotopic (exact) mass is 372 g/mol. The molecule has 5 N–H and O–H groups in total. The second-order valence-electron chi connectivity index (χ2n) is 5.63. The number of anilines is 2. The lowest BCUT2D eigenvalue weighted by Crippen LogP contribution is -2.46. The molecule has 140 valence electrons. The van der Waals surface area contributed by atoms with E-state index in [4.69, 9.17) is 10.5 Å². The number of rotatable bonds is 7. The van der Waals surface area contributed by atoms with E-state index in [1.54, 1.807) is 18.2 Å². The summed E-state index contributed by atoms with van der Waals surface area (Å²) in [6, 6.07) is 4.16. The van der Waals surface area contributed by atoms with Crippen molar-refractivity contribution in [3.05, 3.63) is 18.2 Å². The second-order valence-corrected chi connectivity index (χ2v) is 5.63. The highest BCUT2D eigenvalue weighted by atomic mass is 35.5. The maximum absolute atomic E-state index is 11.9. The number of amides is 3. The zero-order valence-corrected chi connectivity index (χ0v) is 15.5. The summed E-state index contributed by atoms with van der Waals surface area (Å²) >= 11 is 0. The van der Waals surface area contributed by atoms with E-state index in [-0.39, 0.29) is 36.7 Å². The van der Waals surface area contributed by atoms with Crippen LogP contribution in [-0.2, 0) is 14.4 Å². The van der Waals surface area contributed by atoms with Gasteiger partial charge >= 0.3 is 0 Å². The summed E-state index contributed by atoms with van der Waals surface area (Å²) in [4.78, 5) is 34.8. The summed E-state index contributed by atoms with van der Waals surface area (Å²) in [5.74, 6) is -0.590. The molecular weight excluding hydrogens is 348 g/mol. The minimum atomic E-state index is -0.662. The van der Waals surface area contributed by atoms with Crippen LogP contribution in [0.15, 0.2) is 18.2 Å². The number of carbonyl (C=O) groups excluding carboxylic acids is 3. The summed E-state index contributed by atoms with van der Waals surface area (Å²) < 4.78 is 5.14. The Labute approximate surface area is 153 Å². The molecule has 8 nitrogen and oxygen atoms in total. The molecule has 0 aliphatic heterocycles. The van der Waals surface area contributed by atoms with Gasteiger partial charge in [-0.15, -0.1) is 12.4 Å². The van der Waals surface area contributed by atoms with Crippen molar-refractivity contribution in [1.82, 2.24) is 5.32 Å². The average molecular weight is 373 g/mol. The average Bonchev–Trinajstić information content (AvgIpc) is 2.51. The van der Waals surface area contributed by atoms with E-state index in [2.05, 4.69) is 16.0 Å². The number of ether oxygens (including phenoxy) is 1. The summed E-state index contributed by atoms with van der Waals surface area (Å²) in [6.45, 7) is 4.83. The smallest absolute Gasteiger partial charge is 0.243 e. The molecule has 0 saturated carbocycles. The lowest BCUT2D eigenvalue weighted by Gasteiger charge is -2.15. The Morgan fingerprint density at radius 1 is 1.20 bits per heavy atom. The van der Waals surface area contributed by atoms with Crippen molar-refractivity contribution in [2.45, 2.75) is 26.8 Å². The van der Waals surface area contributed by atoms with Crippen LogP contribution in [0, 0.1) is 5.92 Å². The summed E-state index contributed by atoms with van der Waals surface area (Å²) in [7, 11) is 1.48. The van der Waals surface area contributed by atoms with Gasteiger partial charge in [0.1, 0.15) is 5.75 Å². The minimum absolute atomic E-state index is 0. The van der Waals surface area contributed by atoms with Gasteiger partial charge in [-0.2, -0.15) is 0 Å². The molecule has 0 unspecified atom stereocenters. The lowest BCUT2D eigenvalue weighted by molar-refractivity contribution is -0.125. The second kappa shape index (κ2) is 10.5. The van der Waals surface area contributed by atoms with Gasteiger partial charge in [0.25, 0.3) is 0 Å². The molecular formula is C16H25ClN4O4. The highest BCUT2D eigenvalue weighted by Crippen LogP contribution is 2.27. The van der Waals surface area contributed by atoms with Crippen LogP contribution in [0.2, 0.25) is 0 Å². The van der Waals surface area contributed by atoms with Gasteiger partial charge < -0.3 is 26.4 Å². The van der Waals surface area contributed by atoms with E-state index < -0.39 is 11.9 Å². The van der Waals surface area contributed by atoms with Gasteiger partial charge in [-0.25, -0.2) is 0 Å². The Hall–Kier alpha value is -2.32. The molecule has 1 aromatic rings. The number of nitrogens with two attached hydrogens (primary N) is 1. The first kappa shape index (κ1) is 22.7. The molecule has 0 bridgehead atoms. The van der Waals surface area contributed by atoms with Gasteiger partial charge in [-0.1, -0.05) is 13.8 Å². The van der Waals surface area contributed by atoms with E-state index in [9.17, 15) is 14.4 Å². The Morgan fingerprint density at radius 2 is 1.84 bits per heavy atom. The van der Waals surface area contributed by atoms with E-state index in [1.807, 2.05) is 13.8 Å². The van der Waals surface area contributed by atoms with E-state index >= 15 is 0 Å². The highest BCUT2D eigenvalue weighted by molar-refractivity contribution is 5.97. The van der Waals surface area contributed by atoms with Gasteiger partial charge in [0.2, 0.25) is 17.7 Å². The Kier molecular flexibility index (Phi) is 9.55. The minimum Gasteiger partial charge on any atom is -0.495 e. The molecule has 0 spiro atoms. The molecule has 3 amide bonds. The summed E-state index contributed by atoms with van der Waals surface area (Å²) in [5, 5.41) is 7.73. The van der Waals surface area contributed by atoms with Gasteiger partial charge in [0.15, 0.2) is 0 Å². The zero-order valence-electron chi connectivity index (χ0n) is 14.7. The number of methoxy groups -OCH3 is 1. The van der Waals surface area contributed by atoms with Gasteiger partial charge in [-0.05, 0) is 24.1 Å². The van der Waals surface area contributed by atoms with Crippen LogP contribution in [0.4, 0.5) is 11.4 Å². The summed E-state index contributed by atoms with van der Waals surface area (Å²) in [5.41, 5.74) is 6.60. The number of carbonyl (C=O) groups is 3. The Balaban J connectivity index is 0.00000576. The number of hydrogen-bond donors (Lipinski definition) is 4. The maximum atomic E-state index is 11.9. The molecule has 1 aromatic carbocycles. The molecule has 0 heterocycles. The third-order valence-electron chi connectivity index (χ3n) is 3.24. The van der Waals surface area contributed by atoms with Crippen LogP contribution in [-0.4, -0.2) is 37.4 Å². The van der Waals surface area contributed by atoms with Crippen LogP contribution >= 0.6 is 12.4 Å². The Bertz CT molecular complexity index is 622. The molecule has 1 rings (SSSR count). The van der Waals surface area contributed by atoms with E-state index in [1.165, 1.54) is 14.0 Å². The predicted octanol–water partition coefficient (Wildman–Crippen LogP) is 1.11. The van der Waals surface area contributed by atoms with E-state index in [0.29, 0.717) is 17.1 Å². The first-order valence-corrected chi connectivity index (χ1v) is 7.53. The first-order chi connectivity index (χ1) is 11.2. The van der Waals surface area contributed by atoms with Crippen molar-refractivity contribution in [1.29, 1.82) is 0 Å². The van der Waals surface area contributed by atoms with Crippen molar-refractivity contribution in [3.8, 4) is 5.75 Å². The molecule has 0 radical (unpaired) electrons. The number of hydrogen-bond acceptors (Lipinski definition) is 5.